The molecular formula is C19H23F3N6O. The molecule has 156 valence electrons. The van der Waals surface area contributed by atoms with E-state index in [1.54, 1.807) is 19.2 Å². The Hall–Kier alpha value is -3.04. The minimum absolute atomic E-state index is 0.00642. The largest absolute Gasteiger partial charge is 0.434 e. The number of carbonyl (C=O) groups is 1. The number of nitrogens with two attached hydrogens (primary N) is 1. The number of anilines is 1. The van der Waals surface area contributed by atoms with Gasteiger partial charge in [-0.05, 0) is 43.9 Å². The van der Waals surface area contributed by atoms with E-state index in [1.165, 1.54) is 22.8 Å². The van der Waals surface area contributed by atoms with Crippen molar-refractivity contribution < 1.29 is 18.0 Å². The number of fused-ring (bicyclic) bond motifs is 1. The molecule has 1 aliphatic carbocycles. The van der Waals surface area contributed by atoms with Crippen LogP contribution in [0.3, 0.4) is 0 Å². The molecule has 1 aliphatic rings. The molecule has 1 saturated carbocycles. The van der Waals surface area contributed by atoms with E-state index in [-0.39, 0.29) is 29.3 Å². The van der Waals surface area contributed by atoms with Crippen LogP contribution in [0.25, 0.3) is 5.65 Å². The maximum absolute atomic E-state index is 12.9. The minimum atomic E-state index is -4.49. The molecule has 1 amide bonds. The Balaban J connectivity index is 1.60. The number of aromatic nitrogens is 2. The summed E-state index contributed by atoms with van der Waals surface area (Å²) in [6, 6.07) is 5.03. The zero-order valence-corrected chi connectivity index (χ0v) is 15.9. The second kappa shape index (κ2) is 8.54. The zero-order valence-electron chi connectivity index (χ0n) is 15.9. The molecule has 3 rings (SSSR count). The molecule has 0 spiro atoms. The Morgan fingerprint density at radius 1 is 1.28 bits per heavy atom. The van der Waals surface area contributed by atoms with Crippen molar-refractivity contribution in [3.8, 4) is 0 Å². The number of carbonyl (C=O) groups excluding carboxylic acids is 1. The number of aliphatic imine (C=N–C) groups is 1. The zero-order chi connectivity index (χ0) is 21.0. The van der Waals surface area contributed by atoms with Crippen molar-refractivity contribution in [3.63, 3.8) is 0 Å². The van der Waals surface area contributed by atoms with E-state index in [0.29, 0.717) is 5.82 Å². The number of halogens is 3. The van der Waals surface area contributed by atoms with Crippen LogP contribution in [-0.2, 0) is 11.0 Å². The first-order valence-corrected chi connectivity index (χ1v) is 9.28. The van der Waals surface area contributed by atoms with Gasteiger partial charge in [0.1, 0.15) is 11.5 Å². The molecule has 1 fully saturated rings. The van der Waals surface area contributed by atoms with Gasteiger partial charge in [-0.1, -0.05) is 6.07 Å². The number of nitrogens with one attached hydrogen (secondary N) is 2. The molecule has 2 aromatic rings. The van der Waals surface area contributed by atoms with E-state index in [9.17, 15) is 18.0 Å². The van der Waals surface area contributed by atoms with E-state index in [0.717, 1.165) is 31.9 Å². The number of hydrogen-bond donors (Lipinski definition) is 3. The lowest BCUT2D eigenvalue weighted by atomic mass is 9.91. The molecule has 0 radical (unpaired) electrons. The van der Waals surface area contributed by atoms with Gasteiger partial charge in [0, 0.05) is 31.5 Å². The van der Waals surface area contributed by atoms with Crippen LogP contribution in [0, 0.1) is 0 Å². The first-order valence-electron chi connectivity index (χ1n) is 9.28. The van der Waals surface area contributed by atoms with Crippen molar-refractivity contribution in [2.24, 2.45) is 10.7 Å². The van der Waals surface area contributed by atoms with Crippen LogP contribution in [0.4, 0.5) is 19.0 Å². The number of imidazole rings is 1. The third kappa shape index (κ3) is 5.07. The summed E-state index contributed by atoms with van der Waals surface area (Å²) in [6.07, 6.45) is 2.43. The molecule has 7 nitrogen and oxygen atoms in total. The van der Waals surface area contributed by atoms with Crippen molar-refractivity contribution in [2.75, 3.05) is 12.4 Å². The topological polar surface area (TPSA) is 96.8 Å². The van der Waals surface area contributed by atoms with Gasteiger partial charge in [-0.2, -0.15) is 13.2 Å². The molecule has 4 N–H and O–H groups in total. The smallest absolute Gasteiger partial charge is 0.394 e. The van der Waals surface area contributed by atoms with Crippen LogP contribution in [-0.4, -0.2) is 40.6 Å². The summed E-state index contributed by atoms with van der Waals surface area (Å²) in [4.78, 5) is 19.4. The van der Waals surface area contributed by atoms with E-state index in [1.807, 2.05) is 0 Å². The van der Waals surface area contributed by atoms with E-state index in [2.05, 4.69) is 20.6 Å². The first-order chi connectivity index (χ1) is 13.8. The van der Waals surface area contributed by atoms with Crippen molar-refractivity contribution >= 4 is 23.6 Å². The monoisotopic (exact) mass is 408 g/mol. The van der Waals surface area contributed by atoms with Crippen LogP contribution in [0.1, 0.15) is 31.4 Å². The molecule has 10 heteroatoms. The predicted molar refractivity (Wildman–Crippen MR) is 105 cm³/mol. The quantitative estimate of drug-likeness (QED) is 0.524. The Kier molecular flexibility index (Phi) is 6.09. The lowest BCUT2D eigenvalue weighted by Crippen LogP contribution is -2.42. The molecule has 29 heavy (non-hydrogen) atoms. The lowest BCUT2D eigenvalue weighted by Gasteiger charge is -2.30. The molecule has 0 aliphatic heterocycles. The summed E-state index contributed by atoms with van der Waals surface area (Å²) < 4.78 is 40.2. The van der Waals surface area contributed by atoms with E-state index < -0.39 is 11.9 Å². The summed E-state index contributed by atoms with van der Waals surface area (Å²) in [5, 5.41) is 6.20. The van der Waals surface area contributed by atoms with Gasteiger partial charge in [0.05, 0.1) is 5.70 Å². The van der Waals surface area contributed by atoms with Gasteiger partial charge in [-0.25, -0.2) is 4.98 Å². The summed E-state index contributed by atoms with van der Waals surface area (Å²) >= 11 is 0. The van der Waals surface area contributed by atoms with Gasteiger partial charge >= 0.3 is 6.18 Å². The summed E-state index contributed by atoms with van der Waals surface area (Å²) in [5.74, 6) is 0.230. The fourth-order valence-electron chi connectivity index (χ4n) is 3.36. The molecule has 2 aromatic heterocycles. The highest BCUT2D eigenvalue weighted by Gasteiger charge is 2.34. The molecule has 0 aromatic carbocycles. The molecule has 0 unspecified atom stereocenters. The fourth-order valence-corrected chi connectivity index (χ4v) is 3.36. The maximum Gasteiger partial charge on any atom is 0.434 e. The van der Waals surface area contributed by atoms with Crippen molar-refractivity contribution in [2.45, 2.75) is 43.9 Å². The maximum atomic E-state index is 12.9. The van der Waals surface area contributed by atoms with Gasteiger partial charge in [0.15, 0.2) is 5.69 Å². The van der Waals surface area contributed by atoms with Crippen LogP contribution >= 0.6 is 0 Å². The highest BCUT2D eigenvalue weighted by Crippen LogP contribution is 2.30. The fraction of sp³-hybridized carbons (Fsp3) is 0.421. The number of alkyl halides is 3. The second-order valence-electron chi connectivity index (χ2n) is 6.96. The predicted octanol–water partition coefficient (Wildman–Crippen LogP) is 2.74. The second-order valence-corrected chi connectivity index (χ2v) is 6.96. The minimum Gasteiger partial charge on any atom is -0.394 e. The van der Waals surface area contributed by atoms with Gasteiger partial charge in [0.2, 0.25) is 0 Å². The molecule has 2 heterocycles. The SMILES string of the molecule is CN=C/C=C(\N)C(=O)NC1CCC(Nc2cccc3nc(C(F)(F)F)cn23)CC1. The number of hydrogen-bond acceptors (Lipinski definition) is 5. The van der Waals surface area contributed by atoms with Crippen LogP contribution < -0.4 is 16.4 Å². The van der Waals surface area contributed by atoms with Crippen LogP contribution in [0.5, 0.6) is 0 Å². The van der Waals surface area contributed by atoms with Gasteiger partial charge in [-0.15, -0.1) is 0 Å². The van der Waals surface area contributed by atoms with Crippen LogP contribution in [0.15, 0.2) is 41.2 Å². The summed E-state index contributed by atoms with van der Waals surface area (Å²) in [5.41, 5.74) is 5.11. The highest BCUT2D eigenvalue weighted by molar-refractivity contribution is 5.96. The number of amides is 1. The van der Waals surface area contributed by atoms with Crippen molar-refractivity contribution in [1.82, 2.24) is 14.7 Å². The van der Waals surface area contributed by atoms with Crippen molar-refractivity contribution in [1.29, 1.82) is 0 Å². The summed E-state index contributed by atoms with van der Waals surface area (Å²) in [6.45, 7) is 0. The number of nitrogens with zero attached hydrogens (tertiary/aromatic N) is 3. The number of allylic oxidation sites excluding steroid dienone is 1. The van der Waals surface area contributed by atoms with Gasteiger partial charge in [0.25, 0.3) is 5.91 Å². The van der Waals surface area contributed by atoms with E-state index in [4.69, 9.17) is 5.73 Å². The lowest BCUT2D eigenvalue weighted by molar-refractivity contribution is -0.140. The third-order valence-electron chi connectivity index (χ3n) is 4.86. The molecule has 0 bridgehead atoms. The van der Waals surface area contributed by atoms with Gasteiger partial charge in [-0.3, -0.25) is 14.2 Å². The first kappa shape index (κ1) is 20.7. The number of pyridine rings is 1. The van der Waals surface area contributed by atoms with Crippen LogP contribution in [0.2, 0.25) is 0 Å². The average molecular weight is 408 g/mol. The number of rotatable bonds is 5. The van der Waals surface area contributed by atoms with E-state index >= 15 is 0 Å². The van der Waals surface area contributed by atoms with Gasteiger partial charge < -0.3 is 16.4 Å². The summed E-state index contributed by atoms with van der Waals surface area (Å²) in [7, 11) is 1.59. The Labute approximate surface area is 165 Å². The Morgan fingerprint density at radius 3 is 2.62 bits per heavy atom. The Bertz CT molecular complexity index is 926. The molecule has 0 saturated heterocycles. The normalized spacial score (nSPS) is 20.9. The third-order valence-corrected chi connectivity index (χ3v) is 4.86. The van der Waals surface area contributed by atoms with Crippen molar-refractivity contribution in [3.05, 3.63) is 41.9 Å². The highest BCUT2D eigenvalue weighted by atomic mass is 19.4. The molecule has 0 atom stereocenters. The molecular weight excluding hydrogens is 385 g/mol. The standard InChI is InChI=1S/C19H23F3N6O/c1-24-10-9-14(23)18(29)26-13-7-5-12(6-8-13)25-16-3-2-4-17-27-15(11-28(16)17)19(20,21)22/h2-4,9-13,25H,5-8,23H2,1H3,(H,26,29)/b14-9-,24-10?. The average Bonchev–Trinajstić information content (AvgIpc) is 3.13. The Morgan fingerprint density at radius 2 is 1.97 bits per heavy atom.